The third-order valence-corrected chi connectivity index (χ3v) is 7.83. The number of piperazine rings is 1. The van der Waals surface area contributed by atoms with Crippen LogP contribution in [0.1, 0.15) is 51.0 Å². The normalized spacial score (nSPS) is 23.9. The van der Waals surface area contributed by atoms with Crippen molar-refractivity contribution in [3.05, 3.63) is 42.2 Å². The molecule has 184 valence electrons. The van der Waals surface area contributed by atoms with Crippen LogP contribution in [0.5, 0.6) is 5.75 Å². The molecule has 7 heteroatoms. The third-order valence-electron chi connectivity index (χ3n) is 7.83. The number of nitrogens with zero attached hydrogens (tertiary/aromatic N) is 5. The molecule has 3 fully saturated rings. The van der Waals surface area contributed by atoms with Gasteiger partial charge in [-0.1, -0.05) is 12.1 Å². The molecule has 2 saturated heterocycles. The number of hydrogen-bond donors (Lipinski definition) is 0. The fraction of sp³-hybridized carbons (Fsp3) is 0.630. The smallest absolute Gasteiger partial charge is 0.225 e. The van der Waals surface area contributed by atoms with Crippen molar-refractivity contribution >= 4 is 11.6 Å². The Morgan fingerprint density at radius 2 is 1.79 bits per heavy atom. The van der Waals surface area contributed by atoms with E-state index >= 15 is 0 Å². The van der Waals surface area contributed by atoms with Crippen LogP contribution in [-0.4, -0.2) is 77.4 Å². The summed E-state index contributed by atoms with van der Waals surface area (Å²) in [4.78, 5) is 20.3. The van der Waals surface area contributed by atoms with Gasteiger partial charge in [0.25, 0.3) is 0 Å². The molecule has 0 N–H and O–H groups in total. The number of ether oxygens (including phenoxy) is 1. The van der Waals surface area contributed by atoms with Crippen molar-refractivity contribution in [3.8, 4) is 5.75 Å². The number of rotatable bonds is 7. The van der Waals surface area contributed by atoms with Gasteiger partial charge in [-0.3, -0.25) is 9.48 Å². The number of aromatic nitrogens is 2. The molecule has 3 aliphatic rings. The fourth-order valence-electron chi connectivity index (χ4n) is 5.93. The molecule has 0 spiro atoms. The molecule has 1 aromatic heterocycles. The number of anilines is 1. The molecule has 2 aliphatic heterocycles. The highest BCUT2D eigenvalue weighted by Crippen LogP contribution is 2.31. The lowest BCUT2D eigenvalue weighted by Crippen LogP contribution is -2.51. The minimum absolute atomic E-state index is 0.237. The van der Waals surface area contributed by atoms with Gasteiger partial charge >= 0.3 is 0 Å². The number of carbonyl (C=O) groups is 1. The zero-order valence-corrected chi connectivity index (χ0v) is 20.6. The first-order valence-corrected chi connectivity index (χ1v) is 13.2. The topological polar surface area (TPSA) is 53.8 Å². The van der Waals surface area contributed by atoms with Crippen molar-refractivity contribution in [1.82, 2.24) is 19.6 Å². The maximum Gasteiger partial charge on any atom is 0.225 e. The van der Waals surface area contributed by atoms with E-state index in [9.17, 15) is 4.79 Å². The van der Waals surface area contributed by atoms with Crippen molar-refractivity contribution in [3.63, 3.8) is 0 Å². The van der Waals surface area contributed by atoms with E-state index in [-0.39, 0.29) is 5.92 Å². The monoisotopic (exact) mass is 465 g/mol. The highest BCUT2D eigenvalue weighted by atomic mass is 16.5. The molecule has 2 aromatic rings. The number of likely N-dealkylation sites (tertiary alicyclic amines) is 1. The summed E-state index contributed by atoms with van der Waals surface area (Å²) in [5.41, 5.74) is 2.31. The van der Waals surface area contributed by atoms with Gasteiger partial charge in [0.2, 0.25) is 5.91 Å². The predicted molar refractivity (Wildman–Crippen MR) is 134 cm³/mol. The first-order valence-electron chi connectivity index (χ1n) is 13.2. The molecular weight excluding hydrogens is 426 g/mol. The van der Waals surface area contributed by atoms with Crippen LogP contribution in [0.2, 0.25) is 0 Å². The predicted octanol–water partition coefficient (Wildman–Crippen LogP) is 3.63. The Hall–Kier alpha value is -2.54. The Bertz CT molecular complexity index is 938. The highest BCUT2D eigenvalue weighted by Gasteiger charge is 2.33. The van der Waals surface area contributed by atoms with Gasteiger partial charge in [0, 0.05) is 44.3 Å². The Morgan fingerprint density at radius 1 is 1.03 bits per heavy atom. The first-order chi connectivity index (χ1) is 16.7. The molecule has 1 aliphatic carbocycles. The van der Waals surface area contributed by atoms with E-state index in [0.717, 1.165) is 63.0 Å². The van der Waals surface area contributed by atoms with E-state index in [1.165, 1.54) is 44.3 Å². The van der Waals surface area contributed by atoms with Crippen LogP contribution in [-0.2, 0) is 11.3 Å². The van der Waals surface area contributed by atoms with Gasteiger partial charge in [0.05, 0.1) is 25.0 Å². The van der Waals surface area contributed by atoms with Crippen LogP contribution in [0.4, 0.5) is 5.69 Å². The Balaban J connectivity index is 1.09. The lowest BCUT2D eigenvalue weighted by atomic mass is 9.84. The minimum atomic E-state index is 0.237. The van der Waals surface area contributed by atoms with Gasteiger partial charge in [-0.05, 0) is 76.2 Å². The molecule has 1 saturated carbocycles. The van der Waals surface area contributed by atoms with E-state index in [2.05, 4.69) is 38.1 Å². The zero-order valence-electron chi connectivity index (χ0n) is 20.6. The van der Waals surface area contributed by atoms with Gasteiger partial charge in [-0.15, -0.1) is 0 Å². The zero-order chi connectivity index (χ0) is 23.3. The van der Waals surface area contributed by atoms with Crippen LogP contribution in [0, 0.1) is 5.92 Å². The van der Waals surface area contributed by atoms with Crippen molar-refractivity contribution in [2.75, 3.05) is 50.8 Å². The summed E-state index contributed by atoms with van der Waals surface area (Å²) >= 11 is 0. The molecule has 0 bridgehead atoms. The maximum absolute atomic E-state index is 13.2. The largest absolute Gasteiger partial charge is 0.494 e. The summed E-state index contributed by atoms with van der Waals surface area (Å²) in [6, 6.07) is 8.92. The van der Waals surface area contributed by atoms with Gasteiger partial charge in [0.15, 0.2) is 0 Å². The van der Waals surface area contributed by atoms with E-state index in [1.807, 2.05) is 29.9 Å². The van der Waals surface area contributed by atoms with E-state index in [1.54, 1.807) is 0 Å². The standard InChI is InChI=1S/C27H39N5O2/c1-2-34-26-7-5-6-22(18-26)20-32-21-25(19-28-32)30-14-16-31(17-15-30)27(33)23-8-10-24(11-9-23)29-12-3-4-13-29/h5-7,18-19,21,23-24H,2-4,8-17,20H2,1H3. The van der Waals surface area contributed by atoms with Crippen LogP contribution in [0.15, 0.2) is 36.7 Å². The molecule has 1 amide bonds. The van der Waals surface area contributed by atoms with E-state index in [0.29, 0.717) is 12.5 Å². The van der Waals surface area contributed by atoms with Gasteiger partial charge in [-0.25, -0.2) is 0 Å². The van der Waals surface area contributed by atoms with Crippen molar-refractivity contribution < 1.29 is 9.53 Å². The summed E-state index contributed by atoms with van der Waals surface area (Å²) in [5, 5.41) is 4.58. The van der Waals surface area contributed by atoms with Crippen LogP contribution in [0.25, 0.3) is 0 Å². The minimum Gasteiger partial charge on any atom is -0.494 e. The van der Waals surface area contributed by atoms with Gasteiger partial charge < -0.3 is 19.4 Å². The van der Waals surface area contributed by atoms with E-state index in [4.69, 9.17) is 4.74 Å². The lowest BCUT2D eigenvalue weighted by Gasteiger charge is -2.39. The summed E-state index contributed by atoms with van der Waals surface area (Å²) in [6.07, 6.45) is 11.3. The highest BCUT2D eigenvalue weighted by molar-refractivity contribution is 5.79. The molecular formula is C27H39N5O2. The Morgan fingerprint density at radius 3 is 2.53 bits per heavy atom. The SMILES string of the molecule is CCOc1cccc(Cn2cc(N3CCN(C(=O)C4CCC(N5CCCC5)CC4)CC3)cn2)c1. The van der Waals surface area contributed by atoms with Crippen LogP contribution < -0.4 is 9.64 Å². The first kappa shape index (κ1) is 23.2. The Labute approximate surface area is 203 Å². The van der Waals surface area contributed by atoms with Crippen LogP contribution >= 0.6 is 0 Å². The molecule has 3 heterocycles. The van der Waals surface area contributed by atoms with Gasteiger partial charge in [0.1, 0.15) is 5.75 Å². The summed E-state index contributed by atoms with van der Waals surface area (Å²) in [7, 11) is 0. The van der Waals surface area contributed by atoms with Crippen LogP contribution in [0.3, 0.4) is 0 Å². The third kappa shape index (κ3) is 5.40. The van der Waals surface area contributed by atoms with Crippen molar-refractivity contribution in [2.45, 2.75) is 58.0 Å². The second-order valence-corrected chi connectivity index (χ2v) is 10.0. The summed E-state index contributed by atoms with van der Waals surface area (Å²) in [5.74, 6) is 1.53. The number of benzene rings is 1. The van der Waals surface area contributed by atoms with Crippen molar-refractivity contribution in [1.29, 1.82) is 0 Å². The second-order valence-electron chi connectivity index (χ2n) is 10.0. The van der Waals surface area contributed by atoms with Crippen molar-refractivity contribution in [2.24, 2.45) is 5.92 Å². The van der Waals surface area contributed by atoms with E-state index < -0.39 is 0 Å². The molecule has 0 radical (unpaired) electrons. The second kappa shape index (κ2) is 10.8. The fourth-order valence-corrected chi connectivity index (χ4v) is 5.93. The number of carbonyl (C=O) groups excluding carboxylic acids is 1. The molecule has 0 atom stereocenters. The van der Waals surface area contributed by atoms with Gasteiger partial charge in [-0.2, -0.15) is 5.10 Å². The average Bonchev–Trinajstić information content (AvgIpc) is 3.57. The summed E-state index contributed by atoms with van der Waals surface area (Å²) < 4.78 is 7.60. The maximum atomic E-state index is 13.2. The molecule has 5 rings (SSSR count). The molecule has 34 heavy (non-hydrogen) atoms. The lowest BCUT2D eigenvalue weighted by molar-refractivity contribution is -0.137. The molecule has 7 nitrogen and oxygen atoms in total. The average molecular weight is 466 g/mol. The number of hydrogen-bond acceptors (Lipinski definition) is 5. The summed E-state index contributed by atoms with van der Waals surface area (Å²) in [6.45, 7) is 9.30. The Kier molecular flexibility index (Phi) is 7.38. The molecule has 1 aromatic carbocycles. The quantitative estimate of drug-likeness (QED) is 0.625. The molecule has 0 unspecified atom stereocenters. The number of amides is 1.